The average molecular weight is 413 g/mol. The van der Waals surface area contributed by atoms with Gasteiger partial charge in [-0.15, -0.1) is 11.3 Å². The lowest BCUT2D eigenvalue weighted by molar-refractivity contribution is -0.123. The summed E-state index contributed by atoms with van der Waals surface area (Å²) >= 11 is 1.45. The molecule has 0 aliphatic heterocycles. The highest BCUT2D eigenvalue weighted by Crippen LogP contribution is 2.37. The van der Waals surface area contributed by atoms with Crippen LogP contribution in [0.2, 0.25) is 0 Å². The third-order valence-corrected chi connectivity index (χ3v) is 6.21. The molecule has 0 bridgehead atoms. The molecule has 0 fully saturated rings. The molecule has 7 heteroatoms. The van der Waals surface area contributed by atoms with Crippen LogP contribution < -0.4 is 10.1 Å². The van der Waals surface area contributed by atoms with E-state index in [0.29, 0.717) is 16.3 Å². The number of fused-ring (bicyclic) bond motifs is 1. The van der Waals surface area contributed by atoms with Crippen LogP contribution in [0.1, 0.15) is 58.1 Å². The Hall–Kier alpha value is -2.85. The largest absolute Gasteiger partial charge is 0.496 e. The van der Waals surface area contributed by atoms with Crippen molar-refractivity contribution in [3.05, 3.63) is 45.3 Å². The van der Waals surface area contributed by atoms with Gasteiger partial charge in [0.15, 0.2) is 6.10 Å². The van der Waals surface area contributed by atoms with Crippen molar-refractivity contribution in [2.75, 3.05) is 12.4 Å². The van der Waals surface area contributed by atoms with Crippen LogP contribution in [0.4, 0.5) is 5.00 Å². The number of esters is 1. The third-order valence-electron chi connectivity index (χ3n) is 5.00. The molecule has 0 saturated carbocycles. The van der Waals surface area contributed by atoms with E-state index in [1.807, 2.05) is 13.0 Å². The highest BCUT2D eigenvalue weighted by Gasteiger charge is 2.25. The Kier molecular flexibility index (Phi) is 6.55. The van der Waals surface area contributed by atoms with Crippen LogP contribution in [0.15, 0.2) is 18.2 Å². The molecule has 1 aromatic carbocycles. The van der Waals surface area contributed by atoms with Gasteiger partial charge in [-0.2, -0.15) is 5.26 Å². The zero-order valence-electron chi connectivity index (χ0n) is 16.8. The topological polar surface area (TPSA) is 88.4 Å². The monoisotopic (exact) mass is 412 g/mol. The van der Waals surface area contributed by atoms with E-state index in [4.69, 9.17) is 9.47 Å². The van der Waals surface area contributed by atoms with Crippen LogP contribution in [-0.4, -0.2) is 25.1 Å². The molecule has 1 unspecified atom stereocenters. The molecular formula is C22H24N2O4S. The highest BCUT2D eigenvalue weighted by atomic mass is 32.1. The molecule has 1 atom stereocenters. The van der Waals surface area contributed by atoms with Gasteiger partial charge >= 0.3 is 5.97 Å². The maximum Gasteiger partial charge on any atom is 0.342 e. The summed E-state index contributed by atoms with van der Waals surface area (Å²) in [6.45, 7) is 3.37. The van der Waals surface area contributed by atoms with Crippen molar-refractivity contribution in [3.8, 4) is 11.8 Å². The number of carbonyl (C=O) groups is 2. The van der Waals surface area contributed by atoms with Gasteiger partial charge in [-0.05, 0) is 57.2 Å². The third kappa shape index (κ3) is 4.60. The van der Waals surface area contributed by atoms with Gasteiger partial charge in [0.25, 0.3) is 5.91 Å². The summed E-state index contributed by atoms with van der Waals surface area (Å²) in [7, 11) is 1.47. The van der Waals surface area contributed by atoms with Crippen LogP contribution >= 0.6 is 11.3 Å². The van der Waals surface area contributed by atoms with Crippen molar-refractivity contribution in [1.82, 2.24) is 0 Å². The zero-order chi connectivity index (χ0) is 21.0. The number of hydrogen-bond donors (Lipinski definition) is 1. The van der Waals surface area contributed by atoms with Gasteiger partial charge in [-0.25, -0.2) is 4.79 Å². The summed E-state index contributed by atoms with van der Waals surface area (Å²) in [4.78, 5) is 26.3. The number of carbonyl (C=O) groups excluding carboxylic acids is 2. The van der Waals surface area contributed by atoms with Crippen LogP contribution in [0.3, 0.4) is 0 Å². The maximum atomic E-state index is 12.6. The molecule has 1 N–H and O–H groups in total. The van der Waals surface area contributed by atoms with E-state index in [9.17, 15) is 14.9 Å². The summed E-state index contributed by atoms with van der Waals surface area (Å²) in [6.07, 6.45) is 4.09. The fourth-order valence-electron chi connectivity index (χ4n) is 3.42. The highest BCUT2D eigenvalue weighted by molar-refractivity contribution is 7.16. The summed E-state index contributed by atoms with van der Waals surface area (Å²) < 4.78 is 10.6. The standard InChI is InChI=1S/C22H24N2O4S/c1-13-9-10-18(27-3)16(11-13)22(26)28-14(2)20(25)24-21-17(12-23)15-7-5-4-6-8-19(15)29-21/h9-11,14H,4-8H2,1-3H3,(H,24,25). The zero-order valence-corrected chi connectivity index (χ0v) is 17.6. The van der Waals surface area contributed by atoms with E-state index in [1.165, 1.54) is 30.2 Å². The molecule has 1 heterocycles. The van der Waals surface area contributed by atoms with Crippen molar-refractivity contribution < 1.29 is 19.1 Å². The minimum atomic E-state index is -1.01. The predicted octanol–water partition coefficient (Wildman–Crippen LogP) is 4.39. The van der Waals surface area contributed by atoms with Gasteiger partial charge in [0.1, 0.15) is 22.4 Å². The summed E-state index contributed by atoms with van der Waals surface area (Å²) in [6, 6.07) is 7.42. The number of amides is 1. The first kappa shape index (κ1) is 20.9. The Morgan fingerprint density at radius 3 is 2.72 bits per heavy atom. The molecule has 6 nitrogen and oxygen atoms in total. The van der Waals surface area contributed by atoms with Gasteiger partial charge in [0.05, 0.1) is 12.7 Å². The van der Waals surface area contributed by atoms with E-state index in [-0.39, 0.29) is 5.56 Å². The SMILES string of the molecule is COc1ccc(C)cc1C(=O)OC(C)C(=O)Nc1sc2c(c1C#N)CCCCC2. The summed E-state index contributed by atoms with van der Waals surface area (Å²) in [5.74, 6) is -0.699. The molecule has 2 aromatic rings. The molecule has 1 aliphatic rings. The molecule has 152 valence electrons. The Morgan fingerprint density at radius 2 is 2.00 bits per heavy atom. The molecule has 1 aromatic heterocycles. The van der Waals surface area contributed by atoms with Crippen molar-refractivity contribution in [3.63, 3.8) is 0 Å². The number of nitrogens with zero attached hydrogens (tertiary/aromatic N) is 1. The Balaban J connectivity index is 1.73. The number of rotatable bonds is 5. The molecular weight excluding hydrogens is 388 g/mol. The lowest BCUT2D eigenvalue weighted by atomic mass is 10.1. The number of thiophene rings is 1. The fourth-order valence-corrected chi connectivity index (χ4v) is 4.66. The molecule has 29 heavy (non-hydrogen) atoms. The van der Waals surface area contributed by atoms with Gasteiger partial charge < -0.3 is 14.8 Å². The summed E-state index contributed by atoms with van der Waals surface area (Å²) in [5.41, 5.74) is 2.75. The second-order valence-corrected chi connectivity index (χ2v) is 8.23. The van der Waals surface area contributed by atoms with E-state index < -0.39 is 18.0 Å². The van der Waals surface area contributed by atoms with Crippen molar-refractivity contribution in [2.24, 2.45) is 0 Å². The van der Waals surface area contributed by atoms with Crippen molar-refractivity contribution in [2.45, 2.75) is 52.1 Å². The lowest BCUT2D eigenvalue weighted by Crippen LogP contribution is -2.30. The minimum Gasteiger partial charge on any atom is -0.496 e. The average Bonchev–Trinajstić information content (AvgIpc) is 2.86. The van der Waals surface area contributed by atoms with Gasteiger partial charge in [0, 0.05) is 4.88 Å². The predicted molar refractivity (Wildman–Crippen MR) is 112 cm³/mol. The lowest BCUT2D eigenvalue weighted by Gasteiger charge is -2.15. The molecule has 1 amide bonds. The number of nitrogens with one attached hydrogen (secondary N) is 1. The van der Waals surface area contributed by atoms with Gasteiger partial charge in [0.2, 0.25) is 0 Å². The van der Waals surface area contributed by atoms with Crippen LogP contribution in [0.25, 0.3) is 0 Å². The van der Waals surface area contributed by atoms with Crippen LogP contribution in [0, 0.1) is 18.3 Å². The van der Waals surface area contributed by atoms with Crippen molar-refractivity contribution in [1.29, 1.82) is 5.26 Å². The normalized spacial score (nSPS) is 14.1. The number of methoxy groups -OCH3 is 1. The van der Waals surface area contributed by atoms with E-state index in [0.717, 1.165) is 43.2 Å². The Labute approximate surface area is 174 Å². The molecule has 0 radical (unpaired) electrons. The Morgan fingerprint density at radius 1 is 1.24 bits per heavy atom. The first-order chi connectivity index (χ1) is 13.9. The number of anilines is 1. The smallest absolute Gasteiger partial charge is 0.342 e. The maximum absolute atomic E-state index is 12.6. The van der Waals surface area contributed by atoms with Gasteiger partial charge in [-0.1, -0.05) is 18.1 Å². The second-order valence-electron chi connectivity index (χ2n) is 7.12. The van der Waals surface area contributed by atoms with E-state index in [1.54, 1.807) is 12.1 Å². The minimum absolute atomic E-state index is 0.271. The fraction of sp³-hybridized carbons (Fsp3) is 0.409. The molecule has 0 spiro atoms. The van der Waals surface area contributed by atoms with Crippen molar-refractivity contribution >= 4 is 28.2 Å². The number of aryl methyl sites for hydroxylation is 2. The number of nitriles is 1. The number of hydrogen-bond acceptors (Lipinski definition) is 6. The Bertz CT molecular complexity index is 974. The van der Waals surface area contributed by atoms with Crippen LogP contribution in [0.5, 0.6) is 5.75 Å². The van der Waals surface area contributed by atoms with E-state index >= 15 is 0 Å². The summed E-state index contributed by atoms with van der Waals surface area (Å²) in [5, 5.41) is 12.9. The first-order valence-electron chi connectivity index (χ1n) is 9.65. The number of ether oxygens (including phenoxy) is 2. The van der Waals surface area contributed by atoms with Gasteiger partial charge in [-0.3, -0.25) is 4.79 Å². The molecule has 1 aliphatic carbocycles. The molecule has 3 rings (SSSR count). The van der Waals surface area contributed by atoms with Crippen LogP contribution in [-0.2, 0) is 22.4 Å². The number of benzene rings is 1. The molecule has 0 saturated heterocycles. The first-order valence-corrected chi connectivity index (χ1v) is 10.5. The van der Waals surface area contributed by atoms with E-state index in [2.05, 4.69) is 11.4 Å². The second kappa shape index (κ2) is 9.10. The quantitative estimate of drug-likeness (QED) is 0.581.